The molecule has 0 spiro atoms. The van der Waals surface area contributed by atoms with Gasteiger partial charge in [0.15, 0.2) is 0 Å². The second-order valence-corrected chi connectivity index (χ2v) is 4.62. The minimum absolute atomic E-state index is 0.00736. The molecule has 1 aromatic rings. The maximum absolute atomic E-state index is 11.7. The van der Waals surface area contributed by atoms with E-state index in [4.69, 9.17) is 9.84 Å². The van der Waals surface area contributed by atoms with Crippen molar-refractivity contribution in [2.45, 2.75) is 31.4 Å². The van der Waals surface area contributed by atoms with Crippen molar-refractivity contribution in [3.05, 3.63) is 29.8 Å². The number of hydrogen-bond donors (Lipinski definition) is 3. The first-order valence-electron chi connectivity index (χ1n) is 6.52. The highest BCUT2D eigenvalue weighted by Crippen LogP contribution is 2.31. The Morgan fingerprint density at radius 1 is 1.42 bits per heavy atom. The largest absolute Gasteiger partial charge is 0.493 e. The molecule has 0 aliphatic carbocycles. The lowest BCUT2D eigenvalue weighted by Gasteiger charge is -2.21. The Morgan fingerprint density at radius 2 is 2.21 bits per heavy atom. The van der Waals surface area contributed by atoms with Crippen LogP contribution in [-0.2, 0) is 4.79 Å². The molecule has 3 N–H and O–H groups in total. The summed E-state index contributed by atoms with van der Waals surface area (Å²) in [6.07, 6.45) is 0.488. The first kappa shape index (κ1) is 13.8. The molecule has 0 radical (unpaired) electrons. The van der Waals surface area contributed by atoms with Gasteiger partial charge in [0.05, 0.1) is 12.6 Å². The molecule has 19 heavy (non-hydrogen) atoms. The summed E-state index contributed by atoms with van der Waals surface area (Å²) in [5.41, 5.74) is 0.701. The van der Waals surface area contributed by atoms with Gasteiger partial charge in [-0.25, -0.2) is 0 Å². The fourth-order valence-electron chi connectivity index (χ4n) is 2.20. The van der Waals surface area contributed by atoms with E-state index < -0.39 is 6.10 Å². The number of fused-ring (bicyclic) bond motifs is 1. The molecule has 2 rings (SSSR count). The normalized spacial score (nSPS) is 22.0. The van der Waals surface area contributed by atoms with Crippen LogP contribution in [0.3, 0.4) is 0 Å². The van der Waals surface area contributed by atoms with Gasteiger partial charge < -0.3 is 20.3 Å². The second kappa shape index (κ2) is 6.54. The molecule has 0 fully saturated rings. The number of rotatable bonds is 4. The highest BCUT2D eigenvalue weighted by molar-refractivity contribution is 5.76. The van der Waals surface area contributed by atoms with Gasteiger partial charge in [-0.3, -0.25) is 4.79 Å². The molecule has 5 heteroatoms. The van der Waals surface area contributed by atoms with Crippen LogP contribution in [0.15, 0.2) is 24.3 Å². The molecule has 1 aliphatic rings. The fourth-order valence-corrected chi connectivity index (χ4v) is 2.20. The van der Waals surface area contributed by atoms with Crippen molar-refractivity contribution < 1.29 is 19.7 Å². The zero-order valence-electron chi connectivity index (χ0n) is 10.7. The van der Waals surface area contributed by atoms with Crippen LogP contribution < -0.4 is 10.1 Å². The first-order valence-corrected chi connectivity index (χ1v) is 6.52. The predicted molar refractivity (Wildman–Crippen MR) is 69.8 cm³/mol. The van der Waals surface area contributed by atoms with E-state index in [1.165, 1.54) is 0 Å². The number of aliphatic hydroxyl groups is 2. The van der Waals surface area contributed by atoms with Gasteiger partial charge in [-0.15, -0.1) is 0 Å². The minimum atomic E-state index is -0.767. The molecule has 1 aliphatic heterocycles. The Kier molecular flexibility index (Phi) is 4.76. The zero-order valence-corrected chi connectivity index (χ0v) is 10.7. The number of para-hydroxylation sites is 1. The minimum Gasteiger partial charge on any atom is -0.493 e. The van der Waals surface area contributed by atoms with E-state index in [1.807, 2.05) is 18.2 Å². The van der Waals surface area contributed by atoms with E-state index in [2.05, 4.69) is 5.32 Å². The van der Waals surface area contributed by atoms with Gasteiger partial charge in [0.2, 0.25) is 5.91 Å². The van der Waals surface area contributed by atoms with Gasteiger partial charge in [-0.05, 0) is 12.5 Å². The van der Waals surface area contributed by atoms with Crippen LogP contribution >= 0.6 is 0 Å². The number of amides is 1. The van der Waals surface area contributed by atoms with Crippen molar-refractivity contribution in [3.8, 4) is 5.75 Å². The van der Waals surface area contributed by atoms with Crippen LogP contribution in [0.1, 0.15) is 30.9 Å². The first-order chi connectivity index (χ1) is 9.22. The molecule has 1 aromatic carbocycles. The summed E-state index contributed by atoms with van der Waals surface area (Å²) in [7, 11) is 0. The number of benzene rings is 1. The summed E-state index contributed by atoms with van der Waals surface area (Å²) in [6.45, 7) is 0.450. The maximum atomic E-state index is 11.7. The third-order valence-electron chi connectivity index (χ3n) is 3.21. The molecule has 2 unspecified atom stereocenters. The predicted octanol–water partition coefficient (Wildman–Crippen LogP) is 0.760. The van der Waals surface area contributed by atoms with E-state index >= 15 is 0 Å². The van der Waals surface area contributed by atoms with Gasteiger partial charge in [-0.2, -0.15) is 0 Å². The van der Waals surface area contributed by atoms with Gasteiger partial charge in [-0.1, -0.05) is 18.2 Å². The van der Waals surface area contributed by atoms with Crippen LogP contribution in [0.25, 0.3) is 0 Å². The summed E-state index contributed by atoms with van der Waals surface area (Å²) in [5, 5.41) is 21.8. The molecule has 0 bridgehead atoms. The number of carbonyl (C=O) groups excluding carboxylic acids is 1. The zero-order chi connectivity index (χ0) is 13.7. The number of ether oxygens (including phenoxy) is 1. The molecule has 0 aromatic heterocycles. The molecule has 104 valence electrons. The third-order valence-corrected chi connectivity index (χ3v) is 3.21. The van der Waals surface area contributed by atoms with Crippen molar-refractivity contribution in [3.63, 3.8) is 0 Å². The van der Waals surface area contributed by atoms with E-state index in [0.717, 1.165) is 0 Å². The summed E-state index contributed by atoms with van der Waals surface area (Å²) in [4.78, 5) is 11.7. The summed E-state index contributed by atoms with van der Waals surface area (Å²) in [6, 6.07) is 6.95. The van der Waals surface area contributed by atoms with E-state index in [1.54, 1.807) is 6.07 Å². The van der Waals surface area contributed by atoms with E-state index in [9.17, 15) is 9.90 Å². The molecule has 5 nitrogen and oxygen atoms in total. The lowest BCUT2D eigenvalue weighted by Crippen LogP contribution is -2.39. The monoisotopic (exact) mass is 265 g/mol. The van der Waals surface area contributed by atoms with Gasteiger partial charge in [0, 0.05) is 25.0 Å². The van der Waals surface area contributed by atoms with Crippen LogP contribution in [-0.4, -0.2) is 35.4 Å². The lowest BCUT2D eigenvalue weighted by atomic mass is 10.00. The number of aliphatic hydroxyl groups excluding tert-OH is 2. The Hall–Kier alpha value is -1.59. The number of hydrogen-bond acceptors (Lipinski definition) is 4. The second-order valence-electron chi connectivity index (χ2n) is 4.62. The fraction of sp³-hybridized carbons (Fsp3) is 0.500. The van der Waals surface area contributed by atoms with Gasteiger partial charge in [0.1, 0.15) is 11.9 Å². The van der Waals surface area contributed by atoms with Gasteiger partial charge in [0.25, 0.3) is 0 Å². The van der Waals surface area contributed by atoms with Crippen LogP contribution in [0.4, 0.5) is 0 Å². The van der Waals surface area contributed by atoms with E-state index in [0.29, 0.717) is 30.8 Å². The van der Waals surface area contributed by atoms with Gasteiger partial charge >= 0.3 is 0 Å². The number of nitrogens with one attached hydrogen (secondary N) is 1. The highest BCUT2D eigenvalue weighted by Gasteiger charge is 2.27. The molecular weight excluding hydrogens is 246 g/mol. The Labute approximate surface area is 112 Å². The molecule has 2 atom stereocenters. The average Bonchev–Trinajstić information content (AvgIpc) is 2.58. The van der Waals surface area contributed by atoms with Crippen LogP contribution in [0.2, 0.25) is 0 Å². The smallest absolute Gasteiger partial charge is 0.220 e. The Bertz CT molecular complexity index is 435. The third kappa shape index (κ3) is 3.45. The van der Waals surface area contributed by atoms with Crippen LogP contribution in [0.5, 0.6) is 5.75 Å². The summed E-state index contributed by atoms with van der Waals surface area (Å²) >= 11 is 0. The molecule has 1 amide bonds. The van der Waals surface area contributed by atoms with E-state index in [-0.39, 0.29) is 25.0 Å². The Morgan fingerprint density at radius 3 is 3.00 bits per heavy atom. The van der Waals surface area contributed by atoms with Crippen LogP contribution in [0, 0.1) is 0 Å². The topological polar surface area (TPSA) is 78.8 Å². The standard InChI is InChI=1S/C14H19NO4/c16-8-3-6-13(17)15-11-7-9-19-12-5-2-1-4-10(12)14(11)18/h1-2,4-5,11,14,16,18H,3,6-9H2,(H,15,17). The molecule has 0 saturated heterocycles. The van der Waals surface area contributed by atoms with Crippen molar-refractivity contribution in [1.82, 2.24) is 5.32 Å². The molecule has 1 heterocycles. The Balaban J connectivity index is 2.04. The highest BCUT2D eigenvalue weighted by atomic mass is 16.5. The summed E-state index contributed by atoms with van der Waals surface area (Å²) < 4.78 is 5.56. The number of carbonyl (C=O) groups is 1. The summed E-state index contributed by atoms with van der Waals surface area (Å²) in [5.74, 6) is 0.514. The molecule has 0 saturated carbocycles. The maximum Gasteiger partial charge on any atom is 0.220 e. The quantitative estimate of drug-likeness (QED) is 0.751. The lowest BCUT2D eigenvalue weighted by molar-refractivity contribution is -0.123. The van der Waals surface area contributed by atoms with Crippen molar-refractivity contribution in [2.24, 2.45) is 0 Å². The van der Waals surface area contributed by atoms with Crippen molar-refractivity contribution >= 4 is 5.91 Å². The van der Waals surface area contributed by atoms with Crippen molar-refractivity contribution in [2.75, 3.05) is 13.2 Å². The molecular formula is C14H19NO4. The van der Waals surface area contributed by atoms with Crippen molar-refractivity contribution in [1.29, 1.82) is 0 Å². The SMILES string of the molecule is O=C(CCCO)NC1CCOc2ccccc2C1O. The average molecular weight is 265 g/mol.